The first kappa shape index (κ1) is 13.5. The van der Waals surface area contributed by atoms with Crippen molar-refractivity contribution in [2.45, 2.75) is 23.9 Å². The van der Waals surface area contributed by atoms with Gasteiger partial charge in [-0.25, -0.2) is 4.98 Å². The maximum absolute atomic E-state index is 11.0. The van der Waals surface area contributed by atoms with Gasteiger partial charge >= 0.3 is 0 Å². The lowest BCUT2D eigenvalue weighted by Crippen LogP contribution is -2.49. The molecule has 6 heteroatoms. The van der Waals surface area contributed by atoms with Crippen LogP contribution in [0.1, 0.15) is 13.3 Å². The van der Waals surface area contributed by atoms with Gasteiger partial charge in [-0.05, 0) is 41.4 Å². The van der Waals surface area contributed by atoms with Gasteiger partial charge in [0.2, 0.25) is 5.91 Å². The number of amides is 1. The van der Waals surface area contributed by atoms with E-state index >= 15 is 0 Å². The van der Waals surface area contributed by atoms with Crippen LogP contribution in [0, 0.1) is 0 Å². The minimum absolute atomic E-state index is 0.479. The zero-order chi connectivity index (χ0) is 12.2. The van der Waals surface area contributed by atoms with Gasteiger partial charge in [-0.15, -0.1) is 11.8 Å². The van der Waals surface area contributed by atoms with Crippen LogP contribution in [0.3, 0.4) is 0 Å². The summed E-state index contributed by atoms with van der Waals surface area (Å²) in [6.07, 6.45) is 2.25. The van der Waals surface area contributed by atoms with E-state index < -0.39 is 11.4 Å². The van der Waals surface area contributed by atoms with Crippen LogP contribution in [0.25, 0.3) is 0 Å². The molecule has 1 unspecified atom stereocenters. The van der Waals surface area contributed by atoms with Crippen LogP contribution in [0.5, 0.6) is 0 Å². The average Bonchev–Trinajstić information content (AvgIpc) is 2.20. The number of pyridine rings is 1. The Balaban J connectivity index is 2.48. The highest BCUT2D eigenvalue weighted by atomic mass is 79.9. The van der Waals surface area contributed by atoms with Crippen molar-refractivity contribution in [3.63, 3.8) is 0 Å². The van der Waals surface area contributed by atoms with Crippen molar-refractivity contribution in [1.82, 2.24) is 4.98 Å². The fourth-order valence-electron chi connectivity index (χ4n) is 0.960. The van der Waals surface area contributed by atoms with Crippen LogP contribution >= 0.6 is 27.7 Å². The van der Waals surface area contributed by atoms with Gasteiger partial charge in [0.25, 0.3) is 0 Å². The van der Waals surface area contributed by atoms with Gasteiger partial charge < -0.3 is 11.5 Å². The van der Waals surface area contributed by atoms with Crippen LogP contribution in [-0.4, -0.2) is 22.2 Å². The molecule has 0 aliphatic carbocycles. The quantitative estimate of drug-likeness (QED) is 0.808. The van der Waals surface area contributed by atoms with E-state index in [0.29, 0.717) is 12.2 Å². The summed E-state index contributed by atoms with van der Waals surface area (Å²) in [7, 11) is 0. The number of aromatic nitrogens is 1. The minimum Gasteiger partial charge on any atom is -0.368 e. The van der Waals surface area contributed by atoms with Crippen molar-refractivity contribution in [2.75, 3.05) is 5.75 Å². The smallest absolute Gasteiger partial charge is 0.237 e. The molecule has 1 aromatic heterocycles. The first-order valence-electron chi connectivity index (χ1n) is 4.75. The Morgan fingerprint density at radius 2 is 2.38 bits per heavy atom. The summed E-state index contributed by atoms with van der Waals surface area (Å²) < 4.78 is 0.942. The molecule has 0 aliphatic heterocycles. The first-order valence-corrected chi connectivity index (χ1v) is 6.53. The fourth-order valence-corrected chi connectivity index (χ4v) is 2.62. The molecule has 0 saturated carbocycles. The van der Waals surface area contributed by atoms with Gasteiger partial charge in [-0.2, -0.15) is 0 Å². The molecule has 1 aromatic rings. The zero-order valence-corrected chi connectivity index (χ0v) is 11.3. The lowest BCUT2D eigenvalue weighted by atomic mass is 10.0. The molecule has 0 saturated heterocycles. The average molecular weight is 304 g/mol. The Kier molecular flexibility index (Phi) is 4.76. The zero-order valence-electron chi connectivity index (χ0n) is 8.94. The third-order valence-corrected chi connectivity index (χ3v) is 4.06. The number of nitrogens with zero attached hydrogens (tertiary/aromatic N) is 1. The molecule has 0 aliphatic rings. The first-order chi connectivity index (χ1) is 7.43. The van der Waals surface area contributed by atoms with Crippen molar-refractivity contribution in [3.8, 4) is 0 Å². The second kappa shape index (κ2) is 5.65. The largest absolute Gasteiger partial charge is 0.368 e. The van der Waals surface area contributed by atoms with Gasteiger partial charge in [0, 0.05) is 16.4 Å². The highest BCUT2D eigenvalue weighted by Gasteiger charge is 2.25. The molecule has 0 fully saturated rings. The van der Waals surface area contributed by atoms with Gasteiger partial charge in [-0.3, -0.25) is 4.79 Å². The lowest BCUT2D eigenvalue weighted by molar-refractivity contribution is -0.122. The molecule has 1 atom stereocenters. The van der Waals surface area contributed by atoms with E-state index in [4.69, 9.17) is 11.5 Å². The monoisotopic (exact) mass is 303 g/mol. The van der Waals surface area contributed by atoms with Crippen LogP contribution in [0.2, 0.25) is 0 Å². The van der Waals surface area contributed by atoms with E-state index in [-0.39, 0.29) is 0 Å². The minimum atomic E-state index is -0.950. The van der Waals surface area contributed by atoms with Crippen LogP contribution < -0.4 is 11.5 Å². The van der Waals surface area contributed by atoms with E-state index in [1.54, 1.807) is 24.9 Å². The molecule has 4 nitrogen and oxygen atoms in total. The molecule has 4 N–H and O–H groups in total. The molecule has 0 aromatic carbocycles. The summed E-state index contributed by atoms with van der Waals surface area (Å²) in [5.74, 6) is 0.221. The number of thioether (sulfide) groups is 1. The van der Waals surface area contributed by atoms with E-state index in [0.717, 1.165) is 9.50 Å². The lowest BCUT2D eigenvalue weighted by Gasteiger charge is -2.19. The van der Waals surface area contributed by atoms with Crippen molar-refractivity contribution in [2.24, 2.45) is 11.5 Å². The summed E-state index contributed by atoms with van der Waals surface area (Å²) in [5.41, 5.74) is 9.97. The van der Waals surface area contributed by atoms with E-state index in [1.165, 1.54) is 0 Å². The second-order valence-electron chi connectivity index (χ2n) is 3.67. The predicted molar refractivity (Wildman–Crippen MR) is 69.1 cm³/mol. The number of hydrogen-bond acceptors (Lipinski definition) is 4. The Morgan fingerprint density at radius 3 is 2.94 bits per heavy atom. The van der Waals surface area contributed by atoms with Crippen LogP contribution in [0.15, 0.2) is 27.8 Å². The molecule has 88 valence electrons. The third kappa shape index (κ3) is 3.77. The number of halogens is 1. The van der Waals surface area contributed by atoms with E-state index in [9.17, 15) is 4.79 Å². The summed E-state index contributed by atoms with van der Waals surface area (Å²) in [4.78, 5) is 15.2. The Bertz CT molecular complexity index is 384. The highest BCUT2D eigenvalue weighted by molar-refractivity contribution is 9.10. The van der Waals surface area contributed by atoms with Gasteiger partial charge in [0.15, 0.2) is 0 Å². The maximum atomic E-state index is 11.0. The topological polar surface area (TPSA) is 82.0 Å². The summed E-state index contributed by atoms with van der Waals surface area (Å²) in [5, 5.41) is 0.891. The molecular weight excluding hydrogens is 290 g/mol. The Hall–Kier alpha value is -0.590. The van der Waals surface area contributed by atoms with Gasteiger partial charge in [-0.1, -0.05) is 0 Å². The molecule has 0 bridgehead atoms. The number of primary amides is 1. The summed E-state index contributed by atoms with van der Waals surface area (Å²) >= 11 is 4.95. The molecular formula is C10H14BrN3OS. The maximum Gasteiger partial charge on any atom is 0.237 e. The van der Waals surface area contributed by atoms with Crippen LogP contribution in [-0.2, 0) is 4.79 Å². The molecule has 1 rings (SSSR count). The second-order valence-corrected chi connectivity index (χ2v) is 5.61. The van der Waals surface area contributed by atoms with Gasteiger partial charge in [0.05, 0.1) is 5.54 Å². The number of carbonyl (C=O) groups excluding carboxylic acids is 1. The number of hydrogen-bond donors (Lipinski definition) is 2. The standard InChI is InChI=1S/C10H14BrN3OS/c1-10(13,9(12)15)4-6-16-8-7(11)3-2-5-14-8/h2-3,5H,4,6,13H2,1H3,(H2,12,15). The van der Waals surface area contributed by atoms with Crippen molar-refractivity contribution >= 4 is 33.6 Å². The SMILES string of the molecule is CC(N)(CCSc1ncccc1Br)C(N)=O. The molecule has 1 heterocycles. The molecule has 1 amide bonds. The van der Waals surface area contributed by atoms with E-state index in [2.05, 4.69) is 20.9 Å². The highest BCUT2D eigenvalue weighted by Crippen LogP contribution is 2.26. The summed E-state index contributed by atoms with van der Waals surface area (Å²) in [6, 6.07) is 3.77. The predicted octanol–water partition coefficient (Wildman–Crippen LogP) is 1.53. The van der Waals surface area contributed by atoms with Gasteiger partial charge in [0.1, 0.15) is 5.03 Å². The summed E-state index contributed by atoms with van der Waals surface area (Å²) in [6.45, 7) is 1.64. The number of rotatable bonds is 5. The molecule has 0 spiro atoms. The molecule has 0 radical (unpaired) electrons. The van der Waals surface area contributed by atoms with Crippen molar-refractivity contribution in [3.05, 3.63) is 22.8 Å². The normalized spacial score (nSPS) is 14.4. The van der Waals surface area contributed by atoms with Crippen molar-refractivity contribution in [1.29, 1.82) is 0 Å². The number of carbonyl (C=O) groups is 1. The molecule has 16 heavy (non-hydrogen) atoms. The third-order valence-electron chi connectivity index (χ3n) is 2.15. The van der Waals surface area contributed by atoms with E-state index in [1.807, 2.05) is 12.1 Å². The van der Waals surface area contributed by atoms with Crippen molar-refractivity contribution < 1.29 is 4.79 Å². The Labute approximate surface area is 107 Å². The number of nitrogens with two attached hydrogens (primary N) is 2. The van der Waals surface area contributed by atoms with Crippen LogP contribution in [0.4, 0.5) is 0 Å². The Morgan fingerprint density at radius 1 is 1.69 bits per heavy atom. The fraction of sp³-hybridized carbons (Fsp3) is 0.400.